The molecule has 1 N–H and O–H groups in total. The number of aliphatic hydroxyl groups excluding tert-OH is 1. The third-order valence-corrected chi connectivity index (χ3v) is 2.71. The van der Waals surface area contributed by atoms with E-state index in [0.717, 1.165) is 4.90 Å². The van der Waals surface area contributed by atoms with E-state index in [4.69, 9.17) is 5.11 Å². The molecule has 0 heterocycles. The SMILES string of the molecule is CC(CO)N(C)C(=O)c1cc(F)c(F)cc1[N+](=O)[O-]. The van der Waals surface area contributed by atoms with Gasteiger partial charge in [0.15, 0.2) is 11.6 Å². The summed E-state index contributed by atoms with van der Waals surface area (Å²) in [5.74, 6) is -3.62. The van der Waals surface area contributed by atoms with Gasteiger partial charge in [0.05, 0.1) is 23.6 Å². The van der Waals surface area contributed by atoms with Crippen LogP contribution in [-0.2, 0) is 0 Å². The summed E-state index contributed by atoms with van der Waals surface area (Å²) in [4.78, 5) is 22.8. The average Bonchev–Trinajstić information content (AvgIpc) is 2.38. The fraction of sp³-hybridized carbons (Fsp3) is 0.364. The number of nitro benzene ring substituents is 1. The van der Waals surface area contributed by atoms with E-state index in [1.807, 2.05) is 0 Å². The zero-order valence-electron chi connectivity index (χ0n) is 10.3. The van der Waals surface area contributed by atoms with Gasteiger partial charge in [-0.15, -0.1) is 0 Å². The fourth-order valence-electron chi connectivity index (χ4n) is 1.37. The lowest BCUT2D eigenvalue weighted by molar-refractivity contribution is -0.385. The van der Waals surface area contributed by atoms with Gasteiger partial charge in [-0.25, -0.2) is 8.78 Å². The minimum Gasteiger partial charge on any atom is -0.394 e. The first kappa shape index (κ1) is 15.0. The molecule has 1 aromatic rings. The van der Waals surface area contributed by atoms with Gasteiger partial charge in [0.2, 0.25) is 0 Å². The highest BCUT2D eigenvalue weighted by molar-refractivity contribution is 5.98. The predicted octanol–water partition coefficient (Wildman–Crippen LogP) is 1.33. The monoisotopic (exact) mass is 274 g/mol. The number of aliphatic hydroxyl groups is 1. The van der Waals surface area contributed by atoms with E-state index in [0.29, 0.717) is 12.1 Å². The predicted molar refractivity (Wildman–Crippen MR) is 61.7 cm³/mol. The van der Waals surface area contributed by atoms with Crippen molar-refractivity contribution in [3.05, 3.63) is 39.4 Å². The van der Waals surface area contributed by atoms with Crippen LogP contribution >= 0.6 is 0 Å². The molecule has 0 saturated carbocycles. The van der Waals surface area contributed by atoms with Crippen molar-refractivity contribution in [1.29, 1.82) is 0 Å². The van der Waals surface area contributed by atoms with Crippen LogP contribution in [0, 0.1) is 21.7 Å². The van der Waals surface area contributed by atoms with Crippen LogP contribution in [0.15, 0.2) is 12.1 Å². The first-order valence-corrected chi connectivity index (χ1v) is 5.31. The summed E-state index contributed by atoms with van der Waals surface area (Å²) < 4.78 is 26.1. The second kappa shape index (κ2) is 5.70. The quantitative estimate of drug-likeness (QED) is 0.663. The zero-order valence-corrected chi connectivity index (χ0v) is 10.3. The highest BCUT2D eigenvalue weighted by Crippen LogP contribution is 2.23. The number of rotatable bonds is 4. The van der Waals surface area contributed by atoms with Crippen molar-refractivity contribution in [3.63, 3.8) is 0 Å². The molecule has 1 unspecified atom stereocenters. The Hall–Kier alpha value is -2.09. The van der Waals surface area contributed by atoms with E-state index < -0.39 is 39.8 Å². The van der Waals surface area contributed by atoms with Gasteiger partial charge in [0.25, 0.3) is 11.6 Å². The number of hydrogen-bond donors (Lipinski definition) is 1. The van der Waals surface area contributed by atoms with Gasteiger partial charge in [-0.1, -0.05) is 0 Å². The fourth-order valence-corrected chi connectivity index (χ4v) is 1.37. The average molecular weight is 274 g/mol. The molecule has 0 aliphatic rings. The van der Waals surface area contributed by atoms with Crippen LogP contribution in [-0.4, -0.2) is 40.5 Å². The number of benzene rings is 1. The lowest BCUT2D eigenvalue weighted by Crippen LogP contribution is -2.37. The normalized spacial score (nSPS) is 12.1. The molecule has 1 rings (SSSR count). The van der Waals surface area contributed by atoms with E-state index in [2.05, 4.69) is 0 Å². The molecule has 0 saturated heterocycles. The molecule has 0 bridgehead atoms. The van der Waals surface area contributed by atoms with Gasteiger partial charge in [-0.05, 0) is 13.0 Å². The minimum absolute atomic E-state index is 0.361. The minimum atomic E-state index is -1.40. The molecule has 1 atom stereocenters. The number of halogens is 2. The van der Waals surface area contributed by atoms with Gasteiger partial charge in [-0.3, -0.25) is 14.9 Å². The molecule has 19 heavy (non-hydrogen) atoms. The smallest absolute Gasteiger partial charge is 0.285 e. The number of amides is 1. The molecule has 0 spiro atoms. The first-order valence-electron chi connectivity index (χ1n) is 5.31. The number of nitro groups is 1. The molecular formula is C11H12F2N2O4. The van der Waals surface area contributed by atoms with E-state index in [9.17, 15) is 23.7 Å². The third kappa shape index (κ3) is 3.02. The van der Waals surface area contributed by atoms with Gasteiger partial charge in [0.1, 0.15) is 5.56 Å². The largest absolute Gasteiger partial charge is 0.394 e. The molecule has 1 amide bonds. The number of nitrogens with zero attached hydrogens (tertiary/aromatic N) is 2. The molecule has 0 fully saturated rings. The maximum atomic E-state index is 13.1. The Kier molecular flexibility index (Phi) is 4.49. The summed E-state index contributed by atoms with van der Waals surface area (Å²) in [5, 5.41) is 19.7. The maximum absolute atomic E-state index is 13.1. The van der Waals surface area contributed by atoms with Crippen molar-refractivity contribution >= 4 is 11.6 Å². The van der Waals surface area contributed by atoms with Gasteiger partial charge < -0.3 is 10.0 Å². The van der Waals surface area contributed by atoms with E-state index in [-0.39, 0.29) is 6.61 Å². The van der Waals surface area contributed by atoms with Crippen LogP contribution in [0.1, 0.15) is 17.3 Å². The molecule has 0 radical (unpaired) electrons. The first-order chi connectivity index (χ1) is 8.79. The highest BCUT2D eigenvalue weighted by atomic mass is 19.2. The molecule has 8 heteroatoms. The van der Waals surface area contributed by atoms with Crippen LogP contribution in [0.3, 0.4) is 0 Å². The van der Waals surface area contributed by atoms with Crippen LogP contribution in [0.4, 0.5) is 14.5 Å². The Labute approximate surface area is 107 Å². The van der Waals surface area contributed by atoms with Crippen LogP contribution < -0.4 is 0 Å². The van der Waals surface area contributed by atoms with E-state index in [1.165, 1.54) is 14.0 Å². The summed E-state index contributed by atoms with van der Waals surface area (Å²) >= 11 is 0. The van der Waals surface area contributed by atoms with Crippen LogP contribution in [0.5, 0.6) is 0 Å². The van der Waals surface area contributed by atoms with E-state index >= 15 is 0 Å². The standard InChI is InChI=1S/C11H12F2N2O4/c1-6(5-16)14(2)11(17)7-3-8(12)9(13)4-10(7)15(18)19/h3-4,6,16H,5H2,1-2H3. The third-order valence-electron chi connectivity index (χ3n) is 2.71. The van der Waals surface area contributed by atoms with Crippen molar-refractivity contribution in [2.75, 3.05) is 13.7 Å². The Morgan fingerprint density at radius 3 is 2.47 bits per heavy atom. The topological polar surface area (TPSA) is 83.7 Å². The number of hydrogen-bond acceptors (Lipinski definition) is 4. The molecule has 0 aliphatic carbocycles. The second-order valence-corrected chi connectivity index (χ2v) is 3.99. The molecule has 104 valence electrons. The molecular weight excluding hydrogens is 262 g/mol. The van der Waals surface area contributed by atoms with Crippen molar-refractivity contribution in [2.45, 2.75) is 13.0 Å². The second-order valence-electron chi connectivity index (χ2n) is 3.99. The van der Waals surface area contributed by atoms with Crippen molar-refractivity contribution in [3.8, 4) is 0 Å². The molecule has 0 aliphatic heterocycles. The van der Waals surface area contributed by atoms with Crippen molar-refractivity contribution < 1.29 is 23.6 Å². The van der Waals surface area contributed by atoms with Gasteiger partial charge in [-0.2, -0.15) is 0 Å². The van der Waals surface area contributed by atoms with Crippen LogP contribution in [0.2, 0.25) is 0 Å². The van der Waals surface area contributed by atoms with Crippen molar-refractivity contribution in [2.24, 2.45) is 0 Å². The summed E-state index contributed by atoms with van der Waals surface area (Å²) in [5.41, 5.74) is -1.38. The molecule has 6 nitrogen and oxygen atoms in total. The summed E-state index contributed by atoms with van der Waals surface area (Å²) in [7, 11) is 1.30. The molecule has 0 aromatic heterocycles. The van der Waals surface area contributed by atoms with E-state index in [1.54, 1.807) is 0 Å². The highest BCUT2D eigenvalue weighted by Gasteiger charge is 2.27. The summed E-state index contributed by atoms with van der Waals surface area (Å²) in [6.45, 7) is 1.14. The lowest BCUT2D eigenvalue weighted by atomic mass is 10.1. The lowest BCUT2D eigenvalue weighted by Gasteiger charge is -2.23. The van der Waals surface area contributed by atoms with Gasteiger partial charge in [0, 0.05) is 7.05 Å². The Balaban J connectivity index is 3.29. The molecule has 1 aromatic carbocycles. The summed E-state index contributed by atoms with van der Waals surface area (Å²) in [6, 6.07) is 0.233. The van der Waals surface area contributed by atoms with Crippen molar-refractivity contribution in [1.82, 2.24) is 4.90 Å². The zero-order chi connectivity index (χ0) is 14.7. The maximum Gasteiger partial charge on any atom is 0.285 e. The number of carbonyl (C=O) groups excluding carboxylic acids is 1. The van der Waals surface area contributed by atoms with Gasteiger partial charge >= 0.3 is 0 Å². The Morgan fingerprint density at radius 1 is 1.47 bits per heavy atom. The number of likely N-dealkylation sites (N-methyl/N-ethyl adjacent to an activating group) is 1. The van der Waals surface area contributed by atoms with Crippen LogP contribution in [0.25, 0.3) is 0 Å². The Morgan fingerprint density at radius 2 is 2.00 bits per heavy atom. The summed E-state index contributed by atoms with van der Waals surface area (Å²) in [6.07, 6.45) is 0. The Bertz CT molecular complexity index is 522. The number of carbonyl (C=O) groups is 1.